The fourth-order valence-electron chi connectivity index (χ4n) is 0.789. The number of carboxylic acids is 1. The van der Waals surface area contributed by atoms with Crippen molar-refractivity contribution in [1.82, 2.24) is 4.98 Å². The molecule has 0 aliphatic rings. The molecule has 1 rings (SSSR count). The van der Waals surface area contributed by atoms with Crippen LogP contribution in [0.15, 0.2) is 22.9 Å². The van der Waals surface area contributed by atoms with Crippen LogP contribution in [0.5, 0.6) is 0 Å². The van der Waals surface area contributed by atoms with E-state index in [1.54, 1.807) is 18.3 Å². The highest BCUT2D eigenvalue weighted by atomic mass is 79.9. The zero-order chi connectivity index (χ0) is 9.68. The zero-order valence-electron chi connectivity index (χ0n) is 6.74. The molecule has 1 aromatic heterocycles. The normalized spacial score (nSPS) is 9.92. The molecule has 0 unspecified atom stereocenters. The lowest BCUT2D eigenvalue weighted by atomic mass is 10.3. The van der Waals surface area contributed by atoms with Crippen molar-refractivity contribution in [2.24, 2.45) is 0 Å². The van der Waals surface area contributed by atoms with Crippen molar-refractivity contribution in [2.45, 2.75) is 6.61 Å². The van der Waals surface area contributed by atoms with Crippen molar-refractivity contribution in [3.05, 3.63) is 28.5 Å². The third-order valence-electron chi connectivity index (χ3n) is 1.29. The molecule has 0 aliphatic carbocycles. The maximum Gasteiger partial charge on any atom is 0.329 e. The lowest BCUT2D eigenvalue weighted by molar-refractivity contribution is -0.142. The van der Waals surface area contributed by atoms with E-state index in [0.717, 1.165) is 5.56 Å². The number of hydrogen-bond donors (Lipinski definition) is 1. The van der Waals surface area contributed by atoms with Crippen molar-refractivity contribution in [1.29, 1.82) is 0 Å². The molecule has 1 aromatic rings. The van der Waals surface area contributed by atoms with E-state index in [2.05, 4.69) is 20.9 Å². The Morgan fingerprint density at radius 2 is 2.46 bits per heavy atom. The second-order valence-electron chi connectivity index (χ2n) is 2.37. The second kappa shape index (κ2) is 4.94. The molecule has 4 nitrogen and oxygen atoms in total. The van der Waals surface area contributed by atoms with E-state index in [1.807, 2.05) is 0 Å². The summed E-state index contributed by atoms with van der Waals surface area (Å²) >= 11 is 3.20. The predicted octanol–water partition coefficient (Wildman–Crippen LogP) is 1.45. The lowest BCUT2D eigenvalue weighted by Crippen LogP contribution is -2.06. The van der Waals surface area contributed by atoms with Crippen molar-refractivity contribution < 1.29 is 14.6 Å². The summed E-state index contributed by atoms with van der Waals surface area (Å²) in [5.74, 6) is -0.965. The van der Waals surface area contributed by atoms with Gasteiger partial charge in [0.15, 0.2) is 0 Å². The molecule has 0 amide bonds. The van der Waals surface area contributed by atoms with E-state index < -0.39 is 5.97 Å². The molecule has 5 heteroatoms. The number of rotatable bonds is 4. The maximum absolute atomic E-state index is 10.1. The first-order valence-electron chi connectivity index (χ1n) is 3.58. The Morgan fingerprint density at radius 3 is 3.08 bits per heavy atom. The van der Waals surface area contributed by atoms with Crippen LogP contribution in [0.25, 0.3) is 0 Å². The number of ether oxygens (including phenoxy) is 1. The molecule has 1 heterocycles. The predicted molar refractivity (Wildman–Crippen MR) is 49.2 cm³/mol. The number of hydrogen-bond acceptors (Lipinski definition) is 3. The molecule has 0 fully saturated rings. The van der Waals surface area contributed by atoms with Crippen LogP contribution in [0.3, 0.4) is 0 Å². The summed E-state index contributed by atoms with van der Waals surface area (Å²) in [5.41, 5.74) is 0.892. The van der Waals surface area contributed by atoms with Crippen LogP contribution in [-0.4, -0.2) is 22.7 Å². The van der Waals surface area contributed by atoms with Crippen molar-refractivity contribution in [3.63, 3.8) is 0 Å². The first-order valence-corrected chi connectivity index (χ1v) is 4.38. The summed E-state index contributed by atoms with van der Waals surface area (Å²) < 4.78 is 5.60. The van der Waals surface area contributed by atoms with E-state index in [0.29, 0.717) is 4.60 Å². The molecule has 0 saturated carbocycles. The van der Waals surface area contributed by atoms with Gasteiger partial charge in [-0.05, 0) is 33.6 Å². The molecule has 13 heavy (non-hydrogen) atoms. The Kier molecular flexibility index (Phi) is 3.85. The second-order valence-corrected chi connectivity index (χ2v) is 3.19. The number of carboxylic acid groups (broad SMARTS) is 1. The van der Waals surface area contributed by atoms with Gasteiger partial charge in [-0.3, -0.25) is 0 Å². The van der Waals surface area contributed by atoms with Gasteiger partial charge in [0, 0.05) is 6.20 Å². The lowest BCUT2D eigenvalue weighted by Gasteiger charge is -2.00. The Labute approximate surface area is 83.7 Å². The summed E-state index contributed by atoms with van der Waals surface area (Å²) in [4.78, 5) is 14.0. The van der Waals surface area contributed by atoms with Crippen LogP contribution in [-0.2, 0) is 16.1 Å². The SMILES string of the molecule is O=C(O)COCc1ccnc(Br)c1. The van der Waals surface area contributed by atoms with E-state index in [4.69, 9.17) is 9.84 Å². The largest absolute Gasteiger partial charge is 0.480 e. The average Bonchev–Trinajstić information content (AvgIpc) is 2.03. The quantitative estimate of drug-likeness (QED) is 0.816. The van der Waals surface area contributed by atoms with Gasteiger partial charge in [0.1, 0.15) is 11.2 Å². The highest BCUT2D eigenvalue weighted by molar-refractivity contribution is 9.10. The van der Waals surface area contributed by atoms with Crippen LogP contribution in [0, 0.1) is 0 Å². The zero-order valence-corrected chi connectivity index (χ0v) is 8.32. The van der Waals surface area contributed by atoms with Crippen LogP contribution in [0.4, 0.5) is 0 Å². The first kappa shape index (κ1) is 10.1. The molecule has 0 atom stereocenters. The number of halogens is 1. The Balaban J connectivity index is 2.41. The Hall–Kier alpha value is -0.940. The van der Waals surface area contributed by atoms with Crippen LogP contribution in [0.1, 0.15) is 5.56 Å². The third-order valence-corrected chi connectivity index (χ3v) is 1.72. The maximum atomic E-state index is 10.1. The van der Waals surface area contributed by atoms with Gasteiger partial charge >= 0.3 is 5.97 Å². The van der Waals surface area contributed by atoms with Crippen LogP contribution in [0.2, 0.25) is 0 Å². The van der Waals surface area contributed by atoms with Gasteiger partial charge in [0.25, 0.3) is 0 Å². The number of carbonyl (C=O) groups is 1. The van der Waals surface area contributed by atoms with Crippen LogP contribution >= 0.6 is 15.9 Å². The minimum atomic E-state index is -0.965. The number of pyridine rings is 1. The molecule has 70 valence electrons. The van der Waals surface area contributed by atoms with E-state index in [1.165, 1.54) is 0 Å². The van der Waals surface area contributed by atoms with Crippen molar-refractivity contribution >= 4 is 21.9 Å². The molecule has 0 spiro atoms. The van der Waals surface area contributed by atoms with E-state index >= 15 is 0 Å². The topological polar surface area (TPSA) is 59.4 Å². The first-order chi connectivity index (χ1) is 6.18. The van der Waals surface area contributed by atoms with Crippen LogP contribution < -0.4 is 0 Å². The van der Waals surface area contributed by atoms with Gasteiger partial charge in [-0.2, -0.15) is 0 Å². The molecular formula is C8H8BrNO3. The molecule has 1 N–H and O–H groups in total. The summed E-state index contributed by atoms with van der Waals surface area (Å²) in [5, 5.41) is 8.30. The van der Waals surface area contributed by atoms with Crippen molar-refractivity contribution in [3.8, 4) is 0 Å². The standard InChI is InChI=1S/C8H8BrNO3/c9-7-3-6(1-2-10-7)4-13-5-8(11)12/h1-3H,4-5H2,(H,11,12). The van der Waals surface area contributed by atoms with Gasteiger partial charge in [0.2, 0.25) is 0 Å². The monoisotopic (exact) mass is 245 g/mol. The molecule has 0 aliphatic heterocycles. The van der Waals surface area contributed by atoms with E-state index in [-0.39, 0.29) is 13.2 Å². The van der Waals surface area contributed by atoms with Gasteiger partial charge in [0.05, 0.1) is 6.61 Å². The molecule has 0 bridgehead atoms. The van der Waals surface area contributed by atoms with Crippen molar-refractivity contribution in [2.75, 3.05) is 6.61 Å². The number of aromatic nitrogens is 1. The van der Waals surface area contributed by atoms with Gasteiger partial charge in [-0.25, -0.2) is 9.78 Å². The minimum Gasteiger partial charge on any atom is -0.480 e. The fourth-order valence-corrected chi connectivity index (χ4v) is 1.20. The summed E-state index contributed by atoms with van der Waals surface area (Å²) in [6, 6.07) is 3.55. The third kappa shape index (κ3) is 4.00. The molecule has 0 aromatic carbocycles. The number of nitrogens with zero attached hydrogens (tertiary/aromatic N) is 1. The fraction of sp³-hybridized carbons (Fsp3) is 0.250. The smallest absolute Gasteiger partial charge is 0.329 e. The Bertz CT molecular complexity index is 303. The average molecular weight is 246 g/mol. The molecular weight excluding hydrogens is 238 g/mol. The van der Waals surface area contributed by atoms with Gasteiger partial charge in [-0.15, -0.1) is 0 Å². The summed E-state index contributed by atoms with van der Waals surface area (Å²) in [6.07, 6.45) is 1.63. The summed E-state index contributed by atoms with van der Waals surface area (Å²) in [6.45, 7) is 0.00730. The summed E-state index contributed by atoms with van der Waals surface area (Å²) in [7, 11) is 0. The highest BCUT2D eigenvalue weighted by Gasteiger charge is 1.98. The van der Waals surface area contributed by atoms with Gasteiger partial charge in [-0.1, -0.05) is 0 Å². The van der Waals surface area contributed by atoms with Gasteiger partial charge < -0.3 is 9.84 Å². The highest BCUT2D eigenvalue weighted by Crippen LogP contribution is 2.08. The number of aliphatic carboxylic acids is 1. The minimum absolute atomic E-state index is 0.278. The molecule has 0 saturated heterocycles. The Morgan fingerprint density at radius 1 is 1.69 bits per heavy atom. The molecule has 0 radical (unpaired) electrons. The van der Waals surface area contributed by atoms with E-state index in [9.17, 15) is 4.79 Å².